The Kier molecular flexibility index (Phi) is 6.95. The predicted octanol–water partition coefficient (Wildman–Crippen LogP) is -0.684. The molecule has 0 radical (unpaired) electrons. The van der Waals surface area contributed by atoms with Gasteiger partial charge in [-0.25, -0.2) is 0 Å². The quantitative estimate of drug-likeness (QED) is 0.516. The summed E-state index contributed by atoms with van der Waals surface area (Å²) in [6, 6.07) is -0.598. The SMILES string of the molecule is CC(=O)OC[C@H]1NC[C@H](OC(C)=O)[C@@H](OC(C)=O)[C@H]1OC(C)=O. The molecule has 0 aromatic carbocycles. The summed E-state index contributed by atoms with van der Waals surface area (Å²) in [5, 5.41) is 2.97. The molecule has 1 aliphatic heterocycles. The van der Waals surface area contributed by atoms with Crippen LogP contribution in [-0.2, 0) is 38.1 Å². The Labute approximate surface area is 133 Å². The average molecular weight is 331 g/mol. The Balaban J connectivity index is 2.98. The number of carbonyl (C=O) groups excluding carboxylic acids is 4. The fourth-order valence-electron chi connectivity index (χ4n) is 2.30. The van der Waals surface area contributed by atoms with E-state index in [1.54, 1.807) is 0 Å². The van der Waals surface area contributed by atoms with Gasteiger partial charge in [0.2, 0.25) is 0 Å². The molecule has 0 aromatic rings. The first-order chi connectivity index (χ1) is 10.7. The summed E-state index contributed by atoms with van der Waals surface area (Å²) in [6.45, 7) is 4.92. The first-order valence-corrected chi connectivity index (χ1v) is 7.09. The maximum atomic E-state index is 11.3. The van der Waals surface area contributed by atoms with Gasteiger partial charge in [-0.15, -0.1) is 0 Å². The maximum absolute atomic E-state index is 11.3. The van der Waals surface area contributed by atoms with Crippen LogP contribution in [0.2, 0.25) is 0 Å². The summed E-state index contributed by atoms with van der Waals surface area (Å²) in [6.07, 6.45) is -2.79. The van der Waals surface area contributed by atoms with Gasteiger partial charge in [0.1, 0.15) is 6.61 Å². The van der Waals surface area contributed by atoms with E-state index in [9.17, 15) is 19.2 Å². The molecule has 0 spiro atoms. The molecule has 1 fully saturated rings. The van der Waals surface area contributed by atoms with Gasteiger partial charge in [-0.05, 0) is 0 Å². The third-order valence-corrected chi connectivity index (χ3v) is 3.06. The maximum Gasteiger partial charge on any atom is 0.303 e. The van der Waals surface area contributed by atoms with E-state index in [0.717, 1.165) is 0 Å². The Hall–Kier alpha value is -2.16. The van der Waals surface area contributed by atoms with Gasteiger partial charge in [0.15, 0.2) is 18.3 Å². The number of rotatable bonds is 5. The highest BCUT2D eigenvalue weighted by Crippen LogP contribution is 2.21. The van der Waals surface area contributed by atoms with Crippen LogP contribution in [0.3, 0.4) is 0 Å². The standard InChI is InChI=1S/C14H21NO8/c1-7(16)20-6-11-13(22-9(3)18)14(23-10(4)19)12(5-15-11)21-8(2)17/h11-15H,5-6H2,1-4H3/t11-,12+,13+,14-/m1/s1. The fourth-order valence-corrected chi connectivity index (χ4v) is 2.30. The second-order valence-corrected chi connectivity index (χ2v) is 5.11. The monoisotopic (exact) mass is 331 g/mol. The lowest BCUT2D eigenvalue weighted by molar-refractivity contribution is -0.193. The normalized spacial score (nSPS) is 26.8. The number of esters is 4. The molecule has 1 N–H and O–H groups in total. The summed E-state index contributed by atoms with van der Waals surface area (Å²) >= 11 is 0. The number of piperidine rings is 1. The fraction of sp³-hybridized carbons (Fsp3) is 0.714. The van der Waals surface area contributed by atoms with Crippen molar-refractivity contribution in [2.75, 3.05) is 13.2 Å². The molecule has 23 heavy (non-hydrogen) atoms. The summed E-state index contributed by atoms with van der Waals surface area (Å²) < 4.78 is 20.4. The summed E-state index contributed by atoms with van der Waals surface area (Å²) in [5.74, 6) is -2.28. The smallest absolute Gasteiger partial charge is 0.303 e. The van der Waals surface area contributed by atoms with E-state index in [-0.39, 0.29) is 13.2 Å². The number of ether oxygens (including phenoxy) is 4. The molecule has 130 valence electrons. The van der Waals surface area contributed by atoms with Crippen LogP contribution >= 0.6 is 0 Å². The molecule has 9 heteroatoms. The van der Waals surface area contributed by atoms with Gasteiger partial charge >= 0.3 is 23.9 Å². The number of nitrogens with one attached hydrogen (secondary N) is 1. The lowest BCUT2D eigenvalue weighted by atomic mass is 9.95. The zero-order valence-corrected chi connectivity index (χ0v) is 13.5. The zero-order valence-electron chi connectivity index (χ0n) is 13.5. The van der Waals surface area contributed by atoms with E-state index in [1.165, 1.54) is 27.7 Å². The van der Waals surface area contributed by atoms with Gasteiger partial charge in [-0.2, -0.15) is 0 Å². The van der Waals surface area contributed by atoms with Crippen molar-refractivity contribution in [2.45, 2.75) is 52.0 Å². The molecule has 1 aliphatic rings. The minimum atomic E-state index is -0.998. The highest BCUT2D eigenvalue weighted by atomic mass is 16.6. The molecule has 1 saturated heterocycles. The molecule has 0 bridgehead atoms. The van der Waals surface area contributed by atoms with Crippen LogP contribution in [0.1, 0.15) is 27.7 Å². The highest BCUT2D eigenvalue weighted by molar-refractivity contribution is 5.68. The van der Waals surface area contributed by atoms with E-state index in [2.05, 4.69) is 5.32 Å². The van der Waals surface area contributed by atoms with Crippen LogP contribution in [-0.4, -0.2) is 61.4 Å². The molecule has 0 aliphatic carbocycles. The van der Waals surface area contributed by atoms with Gasteiger partial charge in [0, 0.05) is 34.2 Å². The summed E-state index contributed by atoms with van der Waals surface area (Å²) in [5.41, 5.74) is 0. The first kappa shape index (κ1) is 18.9. The predicted molar refractivity (Wildman–Crippen MR) is 75.1 cm³/mol. The minimum absolute atomic E-state index is 0.0855. The van der Waals surface area contributed by atoms with Crippen molar-refractivity contribution in [2.24, 2.45) is 0 Å². The van der Waals surface area contributed by atoms with Crippen molar-refractivity contribution in [3.63, 3.8) is 0 Å². The Morgan fingerprint density at radius 1 is 0.826 bits per heavy atom. The third kappa shape index (κ3) is 6.23. The lowest BCUT2D eigenvalue weighted by Gasteiger charge is -2.40. The third-order valence-electron chi connectivity index (χ3n) is 3.06. The Morgan fingerprint density at radius 3 is 1.83 bits per heavy atom. The summed E-state index contributed by atoms with van der Waals surface area (Å²) in [7, 11) is 0. The van der Waals surface area contributed by atoms with Crippen molar-refractivity contribution < 1.29 is 38.1 Å². The summed E-state index contributed by atoms with van der Waals surface area (Å²) in [4.78, 5) is 44.9. The molecule has 0 unspecified atom stereocenters. The van der Waals surface area contributed by atoms with E-state index in [4.69, 9.17) is 18.9 Å². The van der Waals surface area contributed by atoms with Gasteiger partial charge in [0.25, 0.3) is 0 Å². The van der Waals surface area contributed by atoms with Crippen molar-refractivity contribution in [3.05, 3.63) is 0 Å². The van der Waals surface area contributed by atoms with Crippen LogP contribution in [0.5, 0.6) is 0 Å². The van der Waals surface area contributed by atoms with Crippen LogP contribution in [0.4, 0.5) is 0 Å². The van der Waals surface area contributed by atoms with Gasteiger partial charge < -0.3 is 24.3 Å². The largest absolute Gasteiger partial charge is 0.464 e. The number of hydrogen-bond acceptors (Lipinski definition) is 9. The molecule has 1 rings (SSSR count). The van der Waals surface area contributed by atoms with Crippen LogP contribution in [0.25, 0.3) is 0 Å². The van der Waals surface area contributed by atoms with E-state index in [1.807, 2.05) is 0 Å². The Bertz CT molecular complexity index is 477. The van der Waals surface area contributed by atoms with E-state index in [0.29, 0.717) is 0 Å². The molecule has 0 amide bonds. The lowest BCUT2D eigenvalue weighted by Crippen LogP contribution is -2.64. The van der Waals surface area contributed by atoms with E-state index < -0.39 is 48.2 Å². The molecule has 4 atom stereocenters. The molecule has 0 aromatic heterocycles. The molecular weight excluding hydrogens is 310 g/mol. The van der Waals surface area contributed by atoms with E-state index >= 15 is 0 Å². The molecule has 1 heterocycles. The first-order valence-electron chi connectivity index (χ1n) is 7.09. The number of hydrogen-bond donors (Lipinski definition) is 1. The molecule has 0 saturated carbocycles. The van der Waals surface area contributed by atoms with Crippen LogP contribution < -0.4 is 5.32 Å². The second-order valence-electron chi connectivity index (χ2n) is 5.11. The van der Waals surface area contributed by atoms with Gasteiger partial charge in [0.05, 0.1) is 6.04 Å². The second kappa shape index (κ2) is 8.47. The van der Waals surface area contributed by atoms with Gasteiger partial charge in [-0.3, -0.25) is 19.2 Å². The molecule has 9 nitrogen and oxygen atoms in total. The van der Waals surface area contributed by atoms with Crippen LogP contribution in [0, 0.1) is 0 Å². The van der Waals surface area contributed by atoms with Crippen molar-refractivity contribution in [3.8, 4) is 0 Å². The topological polar surface area (TPSA) is 117 Å². The molecular formula is C14H21NO8. The van der Waals surface area contributed by atoms with Crippen LogP contribution in [0.15, 0.2) is 0 Å². The minimum Gasteiger partial charge on any atom is -0.464 e. The zero-order chi connectivity index (χ0) is 17.6. The van der Waals surface area contributed by atoms with Crippen molar-refractivity contribution >= 4 is 23.9 Å². The average Bonchev–Trinajstić information content (AvgIpc) is 2.39. The van der Waals surface area contributed by atoms with Crippen molar-refractivity contribution in [1.29, 1.82) is 0 Å². The van der Waals surface area contributed by atoms with Crippen molar-refractivity contribution in [1.82, 2.24) is 5.32 Å². The Morgan fingerprint density at radius 2 is 1.35 bits per heavy atom. The van der Waals surface area contributed by atoms with Gasteiger partial charge in [-0.1, -0.05) is 0 Å². The number of carbonyl (C=O) groups is 4. The highest BCUT2D eigenvalue weighted by Gasteiger charge is 2.46.